The summed E-state index contributed by atoms with van der Waals surface area (Å²) in [6.45, 7) is 0. The highest BCUT2D eigenvalue weighted by Crippen LogP contribution is 2.35. The van der Waals surface area contributed by atoms with Crippen LogP contribution in [0.1, 0.15) is 5.56 Å². The highest BCUT2D eigenvalue weighted by Gasteiger charge is 2.13. The van der Waals surface area contributed by atoms with Crippen LogP contribution in [0.3, 0.4) is 0 Å². The highest BCUT2D eigenvalue weighted by atomic mass is 19.1. The number of furan rings is 1. The molecule has 2 aromatic carbocycles. The first-order valence-corrected chi connectivity index (χ1v) is 7.50. The van der Waals surface area contributed by atoms with Gasteiger partial charge in [-0.05, 0) is 48.0 Å². The van der Waals surface area contributed by atoms with Crippen LogP contribution in [-0.4, -0.2) is 30.3 Å². The summed E-state index contributed by atoms with van der Waals surface area (Å²) in [5.41, 5.74) is 1.79. The molecule has 2 N–H and O–H groups in total. The Morgan fingerprint density at radius 2 is 1.96 bits per heavy atom. The van der Waals surface area contributed by atoms with Gasteiger partial charge < -0.3 is 19.5 Å². The van der Waals surface area contributed by atoms with Crippen LogP contribution in [0.25, 0.3) is 28.4 Å². The van der Waals surface area contributed by atoms with E-state index in [1.165, 1.54) is 18.2 Å². The molecule has 6 heteroatoms. The minimum absolute atomic E-state index is 0.112. The van der Waals surface area contributed by atoms with Gasteiger partial charge in [0.2, 0.25) is 0 Å². The fourth-order valence-electron chi connectivity index (χ4n) is 2.59. The second-order valence-electron chi connectivity index (χ2n) is 5.80. The molecule has 25 heavy (non-hydrogen) atoms. The molecule has 0 aliphatic carbocycles. The maximum atomic E-state index is 14.2. The third kappa shape index (κ3) is 3.33. The van der Waals surface area contributed by atoms with Crippen LogP contribution in [-0.2, 0) is 4.79 Å². The lowest BCUT2D eigenvalue weighted by Crippen LogP contribution is -2.10. The van der Waals surface area contributed by atoms with E-state index >= 15 is 0 Å². The first-order valence-electron chi connectivity index (χ1n) is 7.50. The maximum Gasteiger partial charge on any atom is 0.328 e. The minimum Gasteiger partial charge on any atom is -0.504 e. The molecule has 0 atom stereocenters. The number of phenolic OH excluding ortho intramolecular Hbond substituents is 1. The molecule has 3 rings (SSSR count). The van der Waals surface area contributed by atoms with Gasteiger partial charge in [-0.2, -0.15) is 0 Å². The number of aromatic hydroxyl groups is 1. The Bertz CT molecular complexity index is 988. The zero-order valence-electron chi connectivity index (χ0n) is 13.7. The van der Waals surface area contributed by atoms with Crippen LogP contribution in [0.4, 0.5) is 10.1 Å². The summed E-state index contributed by atoms with van der Waals surface area (Å²) >= 11 is 0. The fourth-order valence-corrected chi connectivity index (χ4v) is 2.59. The van der Waals surface area contributed by atoms with Crippen LogP contribution < -0.4 is 4.90 Å². The van der Waals surface area contributed by atoms with Gasteiger partial charge in [-0.1, -0.05) is 0 Å². The number of rotatable bonds is 4. The van der Waals surface area contributed by atoms with Crippen molar-refractivity contribution in [3.8, 4) is 17.1 Å². The summed E-state index contributed by atoms with van der Waals surface area (Å²) in [4.78, 5) is 12.3. The van der Waals surface area contributed by atoms with Gasteiger partial charge in [-0.3, -0.25) is 0 Å². The van der Waals surface area contributed by atoms with Gasteiger partial charge >= 0.3 is 5.97 Å². The average molecular weight is 341 g/mol. The third-order valence-electron chi connectivity index (χ3n) is 3.75. The first kappa shape index (κ1) is 16.6. The largest absolute Gasteiger partial charge is 0.504 e. The predicted octanol–water partition coefficient (Wildman–Crippen LogP) is 4.11. The van der Waals surface area contributed by atoms with E-state index in [4.69, 9.17) is 9.52 Å². The summed E-state index contributed by atoms with van der Waals surface area (Å²) in [6.07, 6.45) is 2.36. The first-order chi connectivity index (χ1) is 11.8. The third-order valence-corrected chi connectivity index (χ3v) is 3.75. The van der Waals surface area contributed by atoms with Gasteiger partial charge in [-0.25, -0.2) is 9.18 Å². The van der Waals surface area contributed by atoms with E-state index in [0.717, 1.165) is 6.08 Å². The van der Waals surface area contributed by atoms with E-state index in [-0.39, 0.29) is 17.1 Å². The SMILES string of the molecule is CN(C)c1ccc(-c2cc3cc(/C=C/C(=O)O)cc(O)c3o2)cc1F. The molecule has 128 valence electrons. The number of aliphatic carboxylic acids is 1. The van der Waals surface area contributed by atoms with Crippen LogP contribution in [0, 0.1) is 5.82 Å². The highest BCUT2D eigenvalue weighted by molar-refractivity contribution is 5.91. The molecule has 0 radical (unpaired) electrons. The molecule has 0 spiro atoms. The predicted molar refractivity (Wildman–Crippen MR) is 94.3 cm³/mol. The zero-order chi connectivity index (χ0) is 18.1. The van der Waals surface area contributed by atoms with Crippen LogP contribution in [0.15, 0.2) is 46.9 Å². The Morgan fingerprint density at radius 3 is 2.60 bits per heavy atom. The summed E-state index contributed by atoms with van der Waals surface area (Å²) in [7, 11) is 3.51. The summed E-state index contributed by atoms with van der Waals surface area (Å²) in [6, 6.07) is 9.53. The fraction of sp³-hybridized carbons (Fsp3) is 0.105. The van der Waals surface area contributed by atoms with Crippen molar-refractivity contribution in [1.82, 2.24) is 0 Å². The van der Waals surface area contributed by atoms with E-state index in [1.807, 2.05) is 0 Å². The van der Waals surface area contributed by atoms with Crippen LogP contribution >= 0.6 is 0 Å². The molecule has 5 nitrogen and oxygen atoms in total. The monoisotopic (exact) mass is 341 g/mol. The molecular weight excluding hydrogens is 325 g/mol. The number of carboxylic acids is 1. The Morgan fingerprint density at radius 1 is 1.20 bits per heavy atom. The van der Waals surface area contributed by atoms with Crippen molar-refractivity contribution < 1.29 is 23.8 Å². The zero-order valence-corrected chi connectivity index (χ0v) is 13.7. The van der Waals surface area contributed by atoms with E-state index in [1.54, 1.807) is 43.3 Å². The minimum atomic E-state index is -1.08. The maximum absolute atomic E-state index is 14.2. The lowest BCUT2D eigenvalue weighted by atomic mass is 10.1. The van der Waals surface area contributed by atoms with Crippen molar-refractivity contribution in [3.05, 3.63) is 53.9 Å². The van der Waals surface area contributed by atoms with E-state index < -0.39 is 5.97 Å². The summed E-state index contributed by atoms with van der Waals surface area (Å²) in [5, 5.41) is 19.4. The van der Waals surface area contributed by atoms with Crippen molar-refractivity contribution in [1.29, 1.82) is 0 Å². The summed E-state index contributed by atoms with van der Waals surface area (Å²) in [5.74, 6) is -1.16. The molecule has 0 unspecified atom stereocenters. The van der Waals surface area contributed by atoms with Gasteiger partial charge in [0.05, 0.1) is 5.69 Å². The Kier molecular flexibility index (Phi) is 4.19. The average Bonchev–Trinajstić information content (AvgIpc) is 2.97. The molecule has 0 aliphatic rings. The molecule has 0 aliphatic heterocycles. The molecule has 1 aromatic heterocycles. The molecule has 3 aromatic rings. The Labute approximate surface area is 143 Å². The van der Waals surface area contributed by atoms with Gasteiger partial charge in [-0.15, -0.1) is 0 Å². The molecule has 1 heterocycles. The second-order valence-corrected chi connectivity index (χ2v) is 5.80. The number of phenols is 1. The number of hydrogen-bond acceptors (Lipinski definition) is 4. The van der Waals surface area contributed by atoms with Gasteiger partial charge in [0.15, 0.2) is 11.3 Å². The molecule has 0 bridgehead atoms. The lowest BCUT2D eigenvalue weighted by Gasteiger charge is -2.13. The number of carbonyl (C=O) groups is 1. The molecule has 0 amide bonds. The summed E-state index contributed by atoms with van der Waals surface area (Å²) < 4.78 is 19.8. The van der Waals surface area contributed by atoms with Crippen molar-refractivity contribution in [2.45, 2.75) is 0 Å². The van der Waals surface area contributed by atoms with E-state index in [9.17, 15) is 14.3 Å². The number of halogens is 1. The van der Waals surface area contributed by atoms with Crippen molar-refractivity contribution in [3.63, 3.8) is 0 Å². The van der Waals surface area contributed by atoms with Gasteiger partial charge in [0.1, 0.15) is 11.6 Å². The normalized spacial score (nSPS) is 11.3. The van der Waals surface area contributed by atoms with Crippen molar-refractivity contribution in [2.24, 2.45) is 0 Å². The van der Waals surface area contributed by atoms with E-state index in [2.05, 4.69) is 0 Å². The Balaban J connectivity index is 2.05. The quantitative estimate of drug-likeness (QED) is 0.699. The standard InChI is InChI=1S/C19H16FNO4/c1-21(2)15-5-4-12(9-14(15)20)17-10-13-7-11(3-6-18(23)24)8-16(22)19(13)25-17/h3-10,22H,1-2H3,(H,23,24)/b6-3+. The van der Waals surface area contributed by atoms with Crippen LogP contribution in [0.2, 0.25) is 0 Å². The molecule has 0 saturated carbocycles. The smallest absolute Gasteiger partial charge is 0.328 e. The number of fused-ring (bicyclic) bond motifs is 1. The topological polar surface area (TPSA) is 73.9 Å². The second kappa shape index (κ2) is 6.32. The number of nitrogens with zero attached hydrogens (tertiary/aromatic N) is 1. The van der Waals surface area contributed by atoms with Crippen LogP contribution in [0.5, 0.6) is 5.75 Å². The number of benzene rings is 2. The molecular formula is C19H16FNO4. The number of hydrogen-bond donors (Lipinski definition) is 2. The van der Waals surface area contributed by atoms with Crippen molar-refractivity contribution in [2.75, 3.05) is 19.0 Å². The van der Waals surface area contributed by atoms with Gasteiger partial charge in [0.25, 0.3) is 0 Å². The lowest BCUT2D eigenvalue weighted by molar-refractivity contribution is -0.131. The van der Waals surface area contributed by atoms with Crippen molar-refractivity contribution >= 4 is 28.7 Å². The van der Waals surface area contributed by atoms with Gasteiger partial charge in [0, 0.05) is 31.1 Å². The Hall–Kier alpha value is -3.28. The van der Waals surface area contributed by atoms with E-state index in [0.29, 0.717) is 28.0 Å². The number of anilines is 1. The number of carboxylic acid groups (broad SMARTS) is 1. The molecule has 0 fully saturated rings. The molecule has 0 saturated heterocycles.